The van der Waals surface area contributed by atoms with Gasteiger partial charge in [-0.15, -0.1) is 0 Å². The zero-order valence-electron chi connectivity index (χ0n) is 18.0. The Morgan fingerprint density at radius 2 is 1.94 bits per heavy atom. The van der Waals surface area contributed by atoms with Crippen LogP contribution in [0.3, 0.4) is 0 Å². The third kappa shape index (κ3) is 3.69. The Bertz CT molecular complexity index is 1270. The van der Waals surface area contributed by atoms with E-state index in [0.29, 0.717) is 68.0 Å². The summed E-state index contributed by atoms with van der Waals surface area (Å²) in [5.41, 5.74) is 2.72. The van der Waals surface area contributed by atoms with Gasteiger partial charge in [0, 0.05) is 43.9 Å². The smallest absolute Gasteiger partial charge is 0.254 e. The molecule has 0 radical (unpaired) electrons. The van der Waals surface area contributed by atoms with Crippen molar-refractivity contribution in [2.75, 3.05) is 26.3 Å². The van der Waals surface area contributed by atoms with Gasteiger partial charge in [-0.3, -0.25) is 9.78 Å². The molecule has 9 nitrogen and oxygen atoms in total. The molecule has 0 aliphatic carbocycles. The van der Waals surface area contributed by atoms with Gasteiger partial charge in [-0.05, 0) is 30.3 Å². The highest BCUT2D eigenvalue weighted by Gasteiger charge is 2.41. The third-order valence-corrected chi connectivity index (χ3v) is 6.31. The molecule has 2 saturated heterocycles. The molecule has 2 aliphatic rings. The minimum absolute atomic E-state index is 0.0436. The average molecular weight is 445 g/mol. The highest BCUT2D eigenvalue weighted by Crippen LogP contribution is 2.33. The van der Waals surface area contributed by atoms with Gasteiger partial charge >= 0.3 is 0 Å². The van der Waals surface area contributed by atoms with Gasteiger partial charge in [0.05, 0.1) is 42.3 Å². The Morgan fingerprint density at radius 3 is 2.67 bits per heavy atom. The number of amides is 1. The minimum Gasteiger partial charge on any atom is -0.467 e. The van der Waals surface area contributed by atoms with Crippen LogP contribution in [0.2, 0.25) is 0 Å². The summed E-state index contributed by atoms with van der Waals surface area (Å²) < 4.78 is 18.9. The summed E-state index contributed by atoms with van der Waals surface area (Å²) in [6.07, 6.45) is 8.13. The molecular formula is C24H23N5O4. The summed E-state index contributed by atoms with van der Waals surface area (Å²) in [5, 5.41) is 5.23. The first-order valence-corrected chi connectivity index (χ1v) is 11.1. The van der Waals surface area contributed by atoms with Crippen molar-refractivity contribution in [2.24, 2.45) is 0 Å². The fourth-order valence-corrected chi connectivity index (χ4v) is 4.56. The van der Waals surface area contributed by atoms with E-state index < -0.39 is 5.79 Å². The number of ether oxygens (including phenoxy) is 2. The predicted octanol–water partition coefficient (Wildman–Crippen LogP) is 3.11. The maximum Gasteiger partial charge on any atom is 0.254 e. The molecular weight excluding hydrogens is 422 g/mol. The second-order valence-corrected chi connectivity index (χ2v) is 8.32. The summed E-state index contributed by atoms with van der Waals surface area (Å²) in [6.45, 7) is 2.80. The molecule has 0 aromatic carbocycles. The highest BCUT2D eigenvalue weighted by atomic mass is 16.7. The van der Waals surface area contributed by atoms with Crippen LogP contribution in [0.25, 0.3) is 22.3 Å². The molecule has 33 heavy (non-hydrogen) atoms. The SMILES string of the molecule is O=C(c1cc(-c2cccnc2)nc2c1cnn2Cc1ccco1)N1CCC2(CC1)OCCO2. The summed E-state index contributed by atoms with van der Waals surface area (Å²) >= 11 is 0. The molecule has 0 bridgehead atoms. The normalized spacial score (nSPS) is 17.8. The number of aromatic nitrogens is 4. The van der Waals surface area contributed by atoms with Gasteiger partial charge in [0.15, 0.2) is 11.4 Å². The highest BCUT2D eigenvalue weighted by molar-refractivity contribution is 6.06. The fourth-order valence-electron chi connectivity index (χ4n) is 4.56. The number of fused-ring (bicyclic) bond motifs is 1. The molecule has 9 heteroatoms. The largest absolute Gasteiger partial charge is 0.467 e. The first-order valence-electron chi connectivity index (χ1n) is 11.1. The number of hydrogen-bond donors (Lipinski definition) is 0. The van der Waals surface area contributed by atoms with Crippen LogP contribution in [0.15, 0.2) is 59.6 Å². The van der Waals surface area contributed by atoms with Gasteiger partial charge in [0.1, 0.15) is 12.3 Å². The van der Waals surface area contributed by atoms with E-state index in [0.717, 1.165) is 11.3 Å². The van der Waals surface area contributed by atoms with Crippen molar-refractivity contribution in [3.63, 3.8) is 0 Å². The van der Waals surface area contributed by atoms with Crippen molar-refractivity contribution in [1.29, 1.82) is 0 Å². The molecule has 1 amide bonds. The molecule has 4 aromatic rings. The van der Waals surface area contributed by atoms with E-state index in [1.165, 1.54) is 0 Å². The third-order valence-electron chi connectivity index (χ3n) is 6.31. The van der Waals surface area contributed by atoms with Crippen LogP contribution in [0.1, 0.15) is 29.0 Å². The van der Waals surface area contributed by atoms with Crippen molar-refractivity contribution in [1.82, 2.24) is 24.6 Å². The number of nitrogens with zero attached hydrogens (tertiary/aromatic N) is 5. The van der Waals surface area contributed by atoms with Crippen LogP contribution >= 0.6 is 0 Å². The van der Waals surface area contributed by atoms with E-state index >= 15 is 0 Å². The molecule has 2 aliphatic heterocycles. The molecule has 2 fully saturated rings. The second-order valence-electron chi connectivity index (χ2n) is 8.32. The van der Waals surface area contributed by atoms with Crippen LogP contribution in [-0.4, -0.2) is 62.6 Å². The van der Waals surface area contributed by atoms with Gasteiger partial charge in [-0.25, -0.2) is 9.67 Å². The van der Waals surface area contributed by atoms with E-state index in [1.54, 1.807) is 29.5 Å². The van der Waals surface area contributed by atoms with Gasteiger partial charge in [-0.1, -0.05) is 0 Å². The standard InChI is InChI=1S/C24H23N5O4/c30-23(28-8-5-24(6-9-28)32-11-12-33-24)19-13-21(17-3-1-7-25-14-17)27-22-20(19)15-26-29(22)16-18-4-2-10-31-18/h1-4,7,10,13-15H,5-6,8-9,11-12,16H2. The van der Waals surface area contributed by atoms with E-state index in [-0.39, 0.29) is 5.91 Å². The molecule has 0 saturated carbocycles. The predicted molar refractivity (Wildman–Crippen MR) is 118 cm³/mol. The minimum atomic E-state index is -0.529. The van der Waals surface area contributed by atoms with Gasteiger partial charge in [0.2, 0.25) is 0 Å². The summed E-state index contributed by atoms with van der Waals surface area (Å²) in [5.74, 6) is 0.191. The number of hydrogen-bond acceptors (Lipinski definition) is 7. The Morgan fingerprint density at radius 1 is 1.09 bits per heavy atom. The fraction of sp³-hybridized carbons (Fsp3) is 0.333. The first-order chi connectivity index (χ1) is 16.2. The van der Waals surface area contributed by atoms with Crippen molar-refractivity contribution >= 4 is 16.9 Å². The lowest BCUT2D eigenvalue weighted by molar-refractivity contribution is -0.181. The molecule has 0 atom stereocenters. The first kappa shape index (κ1) is 20.1. The average Bonchev–Trinajstić information content (AvgIpc) is 3.62. The lowest BCUT2D eigenvalue weighted by Crippen LogP contribution is -2.47. The summed E-state index contributed by atoms with van der Waals surface area (Å²) in [4.78, 5) is 24.6. The van der Waals surface area contributed by atoms with Crippen molar-refractivity contribution < 1.29 is 18.7 Å². The van der Waals surface area contributed by atoms with Crippen LogP contribution in [-0.2, 0) is 16.0 Å². The Labute approximate surface area is 189 Å². The molecule has 1 spiro atoms. The second kappa shape index (κ2) is 8.09. The van der Waals surface area contributed by atoms with Crippen LogP contribution in [0, 0.1) is 0 Å². The Balaban J connectivity index is 1.38. The number of piperidine rings is 1. The zero-order chi connectivity index (χ0) is 22.3. The lowest BCUT2D eigenvalue weighted by atomic mass is 10.0. The van der Waals surface area contributed by atoms with E-state index in [2.05, 4.69) is 10.1 Å². The summed E-state index contributed by atoms with van der Waals surface area (Å²) in [7, 11) is 0. The van der Waals surface area contributed by atoms with E-state index in [1.807, 2.05) is 35.2 Å². The maximum absolute atomic E-state index is 13.7. The number of likely N-dealkylation sites (tertiary alicyclic amines) is 1. The molecule has 4 aromatic heterocycles. The molecule has 0 unspecified atom stereocenters. The van der Waals surface area contributed by atoms with Crippen molar-refractivity contribution in [3.8, 4) is 11.3 Å². The van der Waals surface area contributed by atoms with Crippen LogP contribution in [0.5, 0.6) is 0 Å². The van der Waals surface area contributed by atoms with Crippen molar-refractivity contribution in [2.45, 2.75) is 25.2 Å². The topological polar surface area (TPSA) is 95.5 Å². The maximum atomic E-state index is 13.7. The van der Waals surface area contributed by atoms with Gasteiger partial charge in [0.25, 0.3) is 5.91 Å². The summed E-state index contributed by atoms with van der Waals surface area (Å²) in [6, 6.07) is 9.36. The monoisotopic (exact) mass is 445 g/mol. The lowest BCUT2D eigenvalue weighted by Gasteiger charge is -2.37. The zero-order valence-corrected chi connectivity index (χ0v) is 18.0. The Hall–Kier alpha value is -3.56. The number of carbonyl (C=O) groups excluding carboxylic acids is 1. The number of furan rings is 1. The Kier molecular flexibility index (Phi) is 4.92. The van der Waals surface area contributed by atoms with Crippen molar-refractivity contribution in [3.05, 3.63) is 66.5 Å². The van der Waals surface area contributed by atoms with Crippen LogP contribution in [0.4, 0.5) is 0 Å². The van der Waals surface area contributed by atoms with Gasteiger partial charge < -0.3 is 18.8 Å². The number of carbonyl (C=O) groups is 1. The van der Waals surface area contributed by atoms with E-state index in [9.17, 15) is 4.79 Å². The quantitative estimate of drug-likeness (QED) is 0.476. The number of pyridine rings is 2. The molecule has 168 valence electrons. The molecule has 6 heterocycles. The number of rotatable bonds is 4. The molecule has 0 N–H and O–H groups in total. The van der Waals surface area contributed by atoms with E-state index in [4.69, 9.17) is 18.9 Å². The molecule has 6 rings (SSSR count). The van der Waals surface area contributed by atoms with Gasteiger partial charge in [-0.2, -0.15) is 5.10 Å². The van der Waals surface area contributed by atoms with Crippen LogP contribution < -0.4 is 0 Å².